The van der Waals surface area contributed by atoms with Crippen molar-refractivity contribution in [3.8, 4) is 0 Å². The zero-order valence-electron chi connectivity index (χ0n) is 7.44. The first-order chi connectivity index (χ1) is 6.36. The lowest BCUT2D eigenvalue weighted by atomic mass is 10.2. The highest BCUT2D eigenvalue weighted by molar-refractivity contribution is 4.86. The Morgan fingerprint density at radius 2 is 2.62 bits per heavy atom. The molecule has 70 valence electrons. The van der Waals surface area contributed by atoms with Crippen molar-refractivity contribution in [3.63, 3.8) is 0 Å². The first kappa shape index (κ1) is 8.44. The molecule has 2 heterocycles. The molecular weight excluding hydrogens is 166 g/mol. The van der Waals surface area contributed by atoms with Gasteiger partial charge in [0, 0.05) is 18.3 Å². The Morgan fingerprint density at radius 3 is 3.31 bits per heavy atom. The molecule has 0 spiro atoms. The fourth-order valence-electron chi connectivity index (χ4n) is 1.65. The third-order valence-electron chi connectivity index (χ3n) is 2.34. The maximum absolute atomic E-state index is 11.3. The molecule has 4 heteroatoms. The van der Waals surface area contributed by atoms with E-state index in [4.69, 9.17) is 0 Å². The van der Waals surface area contributed by atoms with E-state index in [1.54, 1.807) is 18.3 Å². The van der Waals surface area contributed by atoms with Crippen LogP contribution in [0, 0.1) is 0 Å². The smallest absolute Gasteiger partial charge is 0.266 e. The van der Waals surface area contributed by atoms with Gasteiger partial charge in [-0.25, -0.2) is 4.68 Å². The van der Waals surface area contributed by atoms with E-state index >= 15 is 0 Å². The van der Waals surface area contributed by atoms with E-state index in [1.165, 1.54) is 11.1 Å². The average molecular weight is 179 g/mol. The molecule has 1 N–H and O–H groups in total. The summed E-state index contributed by atoms with van der Waals surface area (Å²) >= 11 is 0. The minimum atomic E-state index is -0.0174. The minimum absolute atomic E-state index is 0.0174. The molecule has 0 unspecified atom stereocenters. The van der Waals surface area contributed by atoms with Crippen molar-refractivity contribution in [3.05, 3.63) is 28.7 Å². The fraction of sp³-hybridized carbons (Fsp3) is 0.556. The highest BCUT2D eigenvalue weighted by Crippen LogP contribution is 2.05. The SMILES string of the molecule is O=c1cccnn1C[C@H]1CCCN1. The maximum Gasteiger partial charge on any atom is 0.266 e. The summed E-state index contributed by atoms with van der Waals surface area (Å²) in [6.07, 6.45) is 3.99. The van der Waals surface area contributed by atoms with E-state index in [1.807, 2.05) is 0 Å². The van der Waals surface area contributed by atoms with Gasteiger partial charge in [0.15, 0.2) is 0 Å². The Labute approximate surface area is 76.6 Å². The maximum atomic E-state index is 11.3. The lowest BCUT2D eigenvalue weighted by Crippen LogP contribution is -2.33. The van der Waals surface area contributed by atoms with Crippen LogP contribution in [0.25, 0.3) is 0 Å². The van der Waals surface area contributed by atoms with Crippen LogP contribution in [-0.2, 0) is 6.54 Å². The summed E-state index contributed by atoms with van der Waals surface area (Å²) in [4.78, 5) is 11.3. The van der Waals surface area contributed by atoms with Crippen molar-refractivity contribution in [1.29, 1.82) is 0 Å². The van der Waals surface area contributed by atoms with Gasteiger partial charge in [-0.05, 0) is 25.5 Å². The Balaban J connectivity index is 2.08. The van der Waals surface area contributed by atoms with Gasteiger partial charge in [-0.15, -0.1) is 0 Å². The predicted octanol–water partition coefficient (Wildman–Crippen LogP) is -0.00470. The largest absolute Gasteiger partial charge is 0.312 e. The second-order valence-electron chi connectivity index (χ2n) is 3.34. The molecule has 0 bridgehead atoms. The molecule has 0 aromatic carbocycles. The van der Waals surface area contributed by atoms with E-state index in [0.717, 1.165) is 13.0 Å². The van der Waals surface area contributed by atoms with Crippen LogP contribution in [0.3, 0.4) is 0 Å². The van der Waals surface area contributed by atoms with Gasteiger partial charge in [-0.3, -0.25) is 4.79 Å². The molecule has 1 aromatic heterocycles. The lowest BCUT2D eigenvalue weighted by molar-refractivity contribution is 0.459. The number of hydrogen-bond donors (Lipinski definition) is 1. The van der Waals surface area contributed by atoms with E-state index < -0.39 is 0 Å². The molecule has 4 nitrogen and oxygen atoms in total. The summed E-state index contributed by atoms with van der Waals surface area (Å²) < 4.78 is 1.52. The van der Waals surface area contributed by atoms with E-state index in [0.29, 0.717) is 12.6 Å². The normalized spacial score (nSPS) is 22.0. The highest BCUT2D eigenvalue weighted by Gasteiger charge is 2.14. The molecular formula is C9H13N3O. The molecule has 0 amide bonds. The zero-order chi connectivity index (χ0) is 9.10. The van der Waals surface area contributed by atoms with Crippen LogP contribution in [0.4, 0.5) is 0 Å². The predicted molar refractivity (Wildman–Crippen MR) is 49.5 cm³/mol. The van der Waals surface area contributed by atoms with E-state index in [2.05, 4.69) is 10.4 Å². The van der Waals surface area contributed by atoms with Gasteiger partial charge in [-0.2, -0.15) is 5.10 Å². The molecule has 0 radical (unpaired) electrons. The van der Waals surface area contributed by atoms with Crippen LogP contribution in [0.5, 0.6) is 0 Å². The zero-order valence-corrected chi connectivity index (χ0v) is 7.44. The van der Waals surface area contributed by atoms with Crippen molar-refractivity contribution in [2.24, 2.45) is 0 Å². The highest BCUT2D eigenvalue weighted by atomic mass is 16.1. The molecule has 1 aliphatic heterocycles. The molecule has 0 saturated carbocycles. The molecule has 1 aliphatic rings. The van der Waals surface area contributed by atoms with Gasteiger partial charge in [0.2, 0.25) is 0 Å². The van der Waals surface area contributed by atoms with Crippen molar-refractivity contribution < 1.29 is 0 Å². The van der Waals surface area contributed by atoms with Gasteiger partial charge in [0.1, 0.15) is 0 Å². The summed E-state index contributed by atoms with van der Waals surface area (Å²) in [6.45, 7) is 1.76. The number of hydrogen-bond acceptors (Lipinski definition) is 3. The second-order valence-corrected chi connectivity index (χ2v) is 3.34. The van der Waals surface area contributed by atoms with Crippen LogP contribution in [0.1, 0.15) is 12.8 Å². The molecule has 1 aromatic rings. The van der Waals surface area contributed by atoms with E-state index in [9.17, 15) is 4.79 Å². The lowest BCUT2D eigenvalue weighted by Gasteiger charge is -2.10. The van der Waals surface area contributed by atoms with Crippen molar-refractivity contribution in [2.45, 2.75) is 25.4 Å². The molecule has 1 saturated heterocycles. The average Bonchev–Trinajstić information content (AvgIpc) is 2.61. The van der Waals surface area contributed by atoms with Crippen LogP contribution in [0.2, 0.25) is 0 Å². The molecule has 13 heavy (non-hydrogen) atoms. The quantitative estimate of drug-likeness (QED) is 0.695. The van der Waals surface area contributed by atoms with Gasteiger partial charge in [0.25, 0.3) is 5.56 Å². The Kier molecular flexibility index (Phi) is 2.40. The van der Waals surface area contributed by atoms with Gasteiger partial charge < -0.3 is 5.32 Å². The van der Waals surface area contributed by atoms with Crippen molar-refractivity contribution in [2.75, 3.05) is 6.54 Å². The third-order valence-corrected chi connectivity index (χ3v) is 2.34. The van der Waals surface area contributed by atoms with Gasteiger partial charge in [0.05, 0.1) is 6.54 Å². The van der Waals surface area contributed by atoms with Crippen LogP contribution >= 0.6 is 0 Å². The summed E-state index contributed by atoms with van der Waals surface area (Å²) in [5.74, 6) is 0. The molecule has 2 rings (SSSR count). The monoisotopic (exact) mass is 179 g/mol. The van der Waals surface area contributed by atoms with Crippen molar-refractivity contribution in [1.82, 2.24) is 15.1 Å². The van der Waals surface area contributed by atoms with Crippen LogP contribution in [0.15, 0.2) is 23.1 Å². The standard InChI is InChI=1S/C9H13N3O/c13-9-4-2-6-11-12(9)7-8-3-1-5-10-8/h2,4,6,8,10H,1,3,5,7H2/t8-/m1/s1. The topological polar surface area (TPSA) is 46.9 Å². The Bertz CT molecular complexity index is 328. The van der Waals surface area contributed by atoms with Gasteiger partial charge >= 0.3 is 0 Å². The number of rotatable bonds is 2. The van der Waals surface area contributed by atoms with Crippen LogP contribution in [-0.4, -0.2) is 22.4 Å². The number of nitrogens with one attached hydrogen (secondary N) is 1. The Hall–Kier alpha value is -1.16. The fourth-order valence-corrected chi connectivity index (χ4v) is 1.65. The number of aromatic nitrogens is 2. The van der Waals surface area contributed by atoms with Crippen molar-refractivity contribution >= 4 is 0 Å². The summed E-state index contributed by atoms with van der Waals surface area (Å²) in [5.41, 5.74) is -0.0174. The Morgan fingerprint density at radius 1 is 1.69 bits per heavy atom. The molecule has 1 atom stereocenters. The second kappa shape index (κ2) is 3.70. The first-order valence-corrected chi connectivity index (χ1v) is 4.62. The third kappa shape index (κ3) is 1.95. The summed E-state index contributed by atoms with van der Waals surface area (Å²) in [5, 5.41) is 7.34. The van der Waals surface area contributed by atoms with Gasteiger partial charge in [-0.1, -0.05) is 0 Å². The summed E-state index contributed by atoms with van der Waals surface area (Å²) in [6, 6.07) is 3.63. The number of nitrogens with zero attached hydrogens (tertiary/aromatic N) is 2. The minimum Gasteiger partial charge on any atom is -0.312 e. The van der Waals surface area contributed by atoms with E-state index in [-0.39, 0.29) is 5.56 Å². The van der Waals surface area contributed by atoms with Crippen LogP contribution < -0.4 is 10.9 Å². The molecule has 1 fully saturated rings. The summed E-state index contributed by atoms with van der Waals surface area (Å²) in [7, 11) is 0. The first-order valence-electron chi connectivity index (χ1n) is 4.62. The molecule has 0 aliphatic carbocycles.